The lowest BCUT2D eigenvalue weighted by atomic mass is 10.1. The van der Waals surface area contributed by atoms with Crippen LogP contribution in [0.2, 0.25) is 0 Å². The number of amides is 3. The zero-order chi connectivity index (χ0) is 20.4. The van der Waals surface area contributed by atoms with E-state index in [9.17, 15) is 23.2 Å². The van der Waals surface area contributed by atoms with Gasteiger partial charge in [-0.1, -0.05) is 17.7 Å². The summed E-state index contributed by atoms with van der Waals surface area (Å²) in [6.45, 7) is 2.14. The van der Waals surface area contributed by atoms with E-state index in [2.05, 4.69) is 0 Å². The van der Waals surface area contributed by atoms with Gasteiger partial charge in [0.2, 0.25) is 5.91 Å². The molecule has 1 aliphatic rings. The van der Waals surface area contributed by atoms with Crippen molar-refractivity contribution in [1.82, 2.24) is 9.80 Å². The van der Waals surface area contributed by atoms with Gasteiger partial charge in [0.1, 0.15) is 0 Å². The van der Waals surface area contributed by atoms with Crippen LogP contribution in [-0.4, -0.2) is 41.1 Å². The normalized spacial score (nSPS) is 13.1. The van der Waals surface area contributed by atoms with Crippen LogP contribution in [0, 0.1) is 18.6 Å². The Morgan fingerprint density at radius 2 is 1.71 bits per heavy atom. The molecule has 0 radical (unpaired) electrons. The first-order chi connectivity index (χ1) is 13.3. The zero-order valence-corrected chi connectivity index (χ0v) is 15.7. The molecule has 0 saturated carbocycles. The van der Waals surface area contributed by atoms with Crippen molar-refractivity contribution in [3.63, 3.8) is 0 Å². The first-order valence-electron chi connectivity index (χ1n) is 8.92. The molecular formula is C21H20F2N2O3. The molecule has 5 nitrogen and oxygen atoms in total. The summed E-state index contributed by atoms with van der Waals surface area (Å²) >= 11 is 0. The van der Waals surface area contributed by atoms with Crippen molar-refractivity contribution in [2.75, 3.05) is 13.6 Å². The molecule has 7 heteroatoms. The van der Waals surface area contributed by atoms with E-state index >= 15 is 0 Å². The number of benzene rings is 2. The number of hydrogen-bond donors (Lipinski definition) is 0. The van der Waals surface area contributed by atoms with E-state index in [4.69, 9.17) is 0 Å². The third kappa shape index (κ3) is 3.93. The average Bonchev–Trinajstić information content (AvgIpc) is 2.88. The van der Waals surface area contributed by atoms with Crippen molar-refractivity contribution >= 4 is 17.7 Å². The molecule has 0 spiro atoms. The van der Waals surface area contributed by atoms with Crippen LogP contribution < -0.4 is 0 Å². The third-order valence-electron chi connectivity index (χ3n) is 4.73. The number of aryl methyl sites for hydroxylation is 1. The van der Waals surface area contributed by atoms with Crippen molar-refractivity contribution < 1.29 is 23.2 Å². The highest BCUT2D eigenvalue weighted by Crippen LogP contribution is 2.24. The Morgan fingerprint density at radius 1 is 1.00 bits per heavy atom. The minimum Gasteiger partial charge on any atom is -0.341 e. The Hall–Kier alpha value is -3.09. The quantitative estimate of drug-likeness (QED) is 0.716. The van der Waals surface area contributed by atoms with E-state index in [0.29, 0.717) is 23.1 Å². The van der Waals surface area contributed by atoms with Crippen molar-refractivity contribution in [3.05, 3.63) is 70.3 Å². The molecule has 0 unspecified atom stereocenters. The van der Waals surface area contributed by atoms with Crippen LogP contribution in [0.15, 0.2) is 36.4 Å². The van der Waals surface area contributed by atoms with Gasteiger partial charge in [0.15, 0.2) is 11.6 Å². The molecule has 0 fully saturated rings. The second kappa shape index (κ2) is 7.88. The van der Waals surface area contributed by atoms with E-state index < -0.39 is 11.6 Å². The largest absolute Gasteiger partial charge is 0.341 e. The first-order valence-corrected chi connectivity index (χ1v) is 8.92. The second-order valence-electron chi connectivity index (χ2n) is 6.91. The van der Waals surface area contributed by atoms with Crippen LogP contribution >= 0.6 is 0 Å². The smallest absolute Gasteiger partial charge is 0.261 e. The molecular weight excluding hydrogens is 366 g/mol. The van der Waals surface area contributed by atoms with Gasteiger partial charge >= 0.3 is 0 Å². The minimum absolute atomic E-state index is 0.132. The molecule has 2 aromatic rings. The summed E-state index contributed by atoms with van der Waals surface area (Å²) < 4.78 is 26.2. The Balaban J connectivity index is 1.53. The second-order valence-corrected chi connectivity index (χ2v) is 6.91. The number of rotatable bonds is 6. The molecule has 1 aliphatic heterocycles. The maximum Gasteiger partial charge on any atom is 0.261 e. The SMILES string of the molecule is Cc1ccc2c(c1)C(=O)N(CCCC(=O)N(C)Cc1ccc(F)c(F)c1)C2=O. The lowest BCUT2D eigenvalue weighted by Gasteiger charge is -2.18. The highest BCUT2D eigenvalue weighted by atomic mass is 19.2. The molecule has 3 amide bonds. The van der Waals surface area contributed by atoms with Crippen LogP contribution in [0.3, 0.4) is 0 Å². The van der Waals surface area contributed by atoms with E-state index in [-0.39, 0.29) is 37.2 Å². The van der Waals surface area contributed by atoms with Crippen molar-refractivity contribution in [2.24, 2.45) is 0 Å². The van der Waals surface area contributed by atoms with Gasteiger partial charge in [-0.2, -0.15) is 0 Å². The van der Waals surface area contributed by atoms with Crippen molar-refractivity contribution in [3.8, 4) is 0 Å². The molecule has 1 heterocycles. The average molecular weight is 386 g/mol. The lowest BCUT2D eigenvalue weighted by molar-refractivity contribution is -0.130. The molecule has 0 saturated heterocycles. The van der Waals surface area contributed by atoms with E-state index in [1.54, 1.807) is 25.2 Å². The van der Waals surface area contributed by atoms with E-state index in [1.165, 1.54) is 11.0 Å². The van der Waals surface area contributed by atoms with Gasteiger partial charge in [0.05, 0.1) is 11.1 Å². The van der Waals surface area contributed by atoms with Crippen LogP contribution in [0.25, 0.3) is 0 Å². The Labute approximate surface area is 161 Å². The van der Waals surface area contributed by atoms with Gasteiger partial charge in [-0.15, -0.1) is 0 Å². The Bertz CT molecular complexity index is 959. The number of nitrogens with zero attached hydrogens (tertiary/aromatic N) is 2. The molecule has 0 aromatic heterocycles. The summed E-state index contributed by atoms with van der Waals surface area (Å²) in [5.41, 5.74) is 2.16. The summed E-state index contributed by atoms with van der Waals surface area (Å²) in [7, 11) is 1.56. The summed E-state index contributed by atoms with van der Waals surface area (Å²) in [6, 6.07) is 8.61. The zero-order valence-electron chi connectivity index (χ0n) is 15.7. The summed E-state index contributed by atoms with van der Waals surface area (Å²) in [5, 5.41) is 0. The van der Waals surface area contributed by atoms with Gasteiger partial charge in [0.25, 0.3) is 11.8 Å². The predicted octanol–water partition coefficient (Wildman–Crippen LogP) is 3.31. The van der Waals surface area contributed by atoms with Crippen molar-refractivity contribution in [2.45, 2.75) is 26.3 Å². The van der Waals surface area contributed by atoms with E-state index in [1.807, 2.05) is 6.92 Å². The number of hydrogen-bond acceptors (Lipinski definition) is 3. The fourth-order valence-electron chi connectivity index (χ4n) is 3.19. The monoisotopic (exact) mass is 386 g/mol. The van der Waals surface area contributed by atoms with Gasteiger partial charge in [-0.3, -0.25) is 19.3 Å². The number of fused-ring (bicyclic) bond motifs is 1. The summed E-state index contributed by atoms with van der Waals surface area (Å²) in [4.78, 5) is 39.6. The molecule has 28 heavy (non-hydrogen) atoms. The fraction of sp³-hybridized carbons (Fsp3) is 0.286. The molecule has 2 aromatic carbocycles. The van der Waals surface area contributed by atoms with Gasteiger partial charge in [-0.05, 0) is 43.2 Å². The van der Waals surface area contributed by atoms with Crippen LogP contribution in [0.4, 0.5) is 8.78 Å². The predicted molar refractivity (Wildman–Crippen MR) is 98.6 cm³/mol. The van der Waals surface area contributed by atoms with Gasteiger partial charge in [-0.25, -0.2) is 8.78 Å². The third-order valence-corrected chi connectivity index (χ3v) is 4.73. The number of halogens is 2. The molecule has 0 aliphatic carbocycles. The maximum absolute atomic E-state index is 13.3. The Kier molecular flexibility index (Phi) is 5.53. The molecule has 146 valence electrons. The number of carbonyl (C=O) groups excluding carboxylic acids is 3. The molecule has 3 rings (SSSR count). The maximum atomic E-state index is 13.3. The topological polar surface area (TPSA) is 57.7 Å². The number of carbonyl (C=O) groups is 3. The summed E-state index contributed by atoms with van der Waals surface area (Å²) in [5.74, 6) is -2.79. The van der Waals surface area contributed by atoms with Crippen molar-refractivity contribution in [1.29, 1.82) is 0 Å². The highest BCUT2D eigenvalue weighted by Gasteiger charge is 2.35. The lowest BCUT2D eigenvalue weighted by Crippen LogP contribution is -2.32. The van der Waals surface area contributed by atoms with Crippen LogP contribution in [0.5, 0.6) is 0 Å². The van der Waals surface area contributed by atoms with Crippen LogP contribution in [0.1, 0.15) is 44.7 Å². The fourth-order valence-corrected chi connectivity index (χ4v) is 3.19. The Morgan fingerprint density at radius 3 is 2.43 bits per heavy atom. The number of imide groups is 1. The molecule has 0 atom stereocenters. The standard InChI is InChI=1S/C21H20F2N2O3/c1-13-5-7-15-16(10-13)21(28)25(20(15)27)9-3-4-19(26)24(2)12-14-6-8-17(22)18(23)11-14/h5-8,10-11H,3-4,9,12H2,1-2H3. The first kappa shape index (κ1) is 19.7. The molecule has 0 bridgehead atoms. The highest BCUT2D eigenvalue weighted by molar-refractivity contribution is 6.21. The minimum atomic E-state index is -0.959. The van der Waals surface area contributed by atoms with Gasteiger partial charge in [0, 0.05) is 26.6 Å². The summed E-state index contributed by atoms with van der Waals surface area (Å²) in [6.07, 6.45) is 0.456. The molecule has 0 N–H and O–H groups in total. The van der Waals surface area contributed by atoms with Gasteiger partial charge < -0.3 is 4.90 Å². The van der Waals surface area contributed by atoms with Crippen LogP contribution in [-0.2, 0) is 11.3 Å². The van der Waals surface area contributed by atoms with E-state index in [0.717, 1.165) is 22.6 Å².